The molecule has 0 fully saturated rings. The fourth-order valence-corrected chi connectivity index (χ4v) is 2.29. The van der Waals surface area contributed by atoms with Crippen molar-refractivity contribution in [3.8, 4) is 0 Å². The first kappa shape index (κ1) is 16.5. The van der Waals surface area contributed by atoms with Gasteiger partial charge in [0.25, 0.3) is 5.91 Å². The summed E-state index contributed by atoms with van der Waals surface area (Å²) in [5.74, 6) is 0.632. The van der Waals surface area contributed by atoms with E-state index in [2.05, 4.69) is 52.0 Å². The van der Waals surface area contributed by atoms with Crippen molar-refractivity contribution in [3.05, 3.63) is 23.5 Å². The number of fused-ring (bicyclic) bond motifs is 1. The van der Waals surface area contributed by atoms with Gasteiger partial charge in [0.1, 0.15) is 0 Å². The maximum absolute atomic E-state index is 12.5. The third-order valence-electron chi connectivity index (χ3n) is 3.58. The molecule has 0 aliphatic rings. The summed E-state index contributed by atoms with van der Waals surface area (Å²) in [5, 5.41) is 8.22. The molecule has 0 bridgehead atoms. The summed E-state index contributed by atoms with van der Waals surface area (Å²) in [6, 6.07) is 2.11. The zero-order chi connectivity index (χ0) is 16.4. The van der Waals surface area contributed by atoms with Gasteiger partial charge in [-0.05, 0) is 31.7 Å². The largest absolute Gasteiger partial charge is 0.352 e. The second kappa shape index (κ2) is 6.46. The third-order valence-corrected chi connectivity index (χ3v) is 3.58. The molecule has 0 saturated heterocycles. The van der Waals surface area contributed by atoms with Crippen LogP contribution in [-0.4, -0.2) is 27.2 Å². The summed E-state index contributed by atoms with van der Waals surface area (Å²) in [7, 11) is 0. The van der Waals surface area contributed by atoms with Gasteiger partial charge in [-0.15, -0.1) is 0 Å². The molecule has 1 amide bonds. The number of hydrogen-bond donors (Lipinski definition) is 1. The molecule has 2 rings (SSSR count). The SMILES string of the molecule is CC(C)CNC(=O)c1cc(C(C)C)nc2c1cnn2C(C)C. The minimum absolute atomic E-state index is 0.0497. The average Bonchev–Trinajstić information content (AvgIpc) is 2.87. The number of aromatic nitrogens is 3. The molecule has 5 heteroatoms. The monoisotopic (exact) mass is 302 g/mol. The van der Waals surface area contributed by atoms with Crippen LogP contribution in [0.2, 0.25) is 0 Å². The van der Waals surface area contributed by atoms with E-state index < -0.39 is 0 Å². The third kappa shape index (κ3) is 3.29. The van der Waals surface area contributed by atoms with Gasteiger partial charge >= 0.3 is 0 Å². The summed E-state index contributed by atoms with van der Waals surface area (Å²) >= 11 is 0. The van der Waals surface area contributed by atoms with E-state index in [1.54, 1.807) is 6.20 Å². The molecule has 2 heterocycles. The summed E-state index contributed by atoms with van der Waals surface area (Å²) in [5.41, 5.74) is 2.38. The van der Waals surface area contributed by atoms with Crippen LogP contribution in [0.1, 0.15) is 69.6 Å². The van der Waals surface area contributed by atoms with Crippen molar-refractivity contribution in [2.75, 3.05) is 6.54 Å². The Balaban J connectivity index is 2.54. The van der Waals surface area contributed by atoms with Crippen LogP contribution in [0.25, 0.3) is 11.0 Å². The van der Waals surface area contributed by atoms with Crippen molar-refractivity contribution in [1.82, 2.24) is 20.1 Å². The Labute approximate surface area is 132 Å². The summed E-state index contributed by atoms with van der Waals surface area (Å²) < 4.78 is 1.88. The molecule has 1 N–H and O–H groups in total. The lowest BCUT2D eigenvalue weighted by atomic mass is 10.0. The summed E-state index contributed by atoms with van der Waals surface area (Å²) in [4.78, 5) is 17.3. The van der Waals surface area contributed by atoms with Crippen LogP contribution in [0.5, 0.6) is 0 Å². The maximum atomic E-state index is 12.5. The predicted octanol–water partition coefficient (Wildman–Crippen LogP) is 3.52. The van der Waals surface area contributed by atoms with Crippen LogP contribution in [0.4, 0.5) is 0 Å². The highest BCUT2D eigenvalue weighted by atomic mass is 16.1. The lowest BCUT2D eigenvalue weighted by Gasteiger charge is -2.13. The highest BCUT2D eigenvalue weighted by Crippen LogP contribution is 2.24. The standard InChI is InChI=1S/C17H26N4O/c1-10(2)8-18-17(22)13-7-15(11(3)4)20-16-14(13)9-19-21(16)12(5)6/h7,9-12H,8H2,1-6H3,(H,18,22). The minimum Gasteiger partial charge on any atom is -0.352 e. The molecule has 0 aliphatic carbocycles. The first-order chi connectivity index (χ1) is 10.3. The second-order valence-corrected chi connectivity index (χ2v) is 6.77. The smallest absolute Gasteiger partial charge is 0.252 e. The topological polar surface area (TPSA) is 59.8 Å². The lowest BCUT2D eigenvalue weighted by molar-refractivity contribution is 0.0950. The van der Waals surface area contributed by atoms with Gasteiger partial charge in [0.15, 0.2) is 5.65 Å². The molecule has 0 radical (unpaired) electrons. The Bertz CT molecular complexity index is 671. The van der Waals surface area contributed by atoms with E-state index in [0.717, 1.165) is 16.7 Å². The van der Waals surface area contributed by atoms with E-state index in [1.165, 1.54) is 0 Å². The molecule has 0 aromatic carbocycles. The Kier molecular flexibility index (Phi) is 4.84. The number of amides is 1. The highest BCUT2D eigenvalue weighted by Gasteiger charge is 2.18. The molecule has 2 aromatic rings. The van der Waals surface area contributed by atoms with Gasteiger partial charge in [0, 0.05) is 18.3 Å². The number of nitrogens with zero attached hydrogens (tertiary/aromatic N) is 3. The Morgan fingerprint density at radius 1 is 1.23 bits per heavy atom. The van der Waals surface area contributed by atoms with Gasteiger partial charge in [0.2, 0.25) is 0 Å². The van der Waals surface area contributed by atoms with Gasteiger partial charge in [-0.1, -0.05) is 27.7 Å². The molecule has 0 atom stereocenters. The van der Waals surface area contributed by atoms with Crippen molar-refractivity contribution >= 4 is 16.9 Å². The molecule has 0 aliphatic heterocycles. The molecule has 22 heavy (non-hydrogen) atoms. The fraction of sp³-hybridized carbons (Fsp3) is 0.588. The van der Waals surface area contributed by atoms with Crippen LogP contribution < -0.4 is 5.32 Å². The van der Waals surface area contributed by atoms with Gasteiger partial charge < -0.3 is 5.32 Å². The number of carbonyl (C=O) groups excluding carboxylic acids is 1. The van der Waals surface area contributed by atoms with Crippen molar-refractivity contribution in [1.29, 1.82) is 0 Å². The van der Waals surface area contributed by atoms with E-state index in [-0.39, 0.29) is 17.9 Å². The maximum Gasteiger partial charge on any atom is 0.252 e. The van der Waals surface area contributed by atoms with Crippen LogP contribution >= 0.6 is 0 Å². The molecule has 120 valence electrons. The molecule has 0 unspecified atom stereocenters. The normalized spacial score (nSPS) is 11.9. The van der Waals surface area contributed by atoms with Crippen LogP contribution in [0.3, 0.4) is 0 Å². The molecular weight excluding hydrogens is 276 g/mol. The molecular formula is C17H26N4O. The summed E-state index contributed by atoms with van der Waals surface area (Å²) in [6.45, 7) is 13.1. The fourth-order valence-electron chi connectivity index (χ4n) is 2.29. The van der Waals surface area contributed by atoms with E-state index >= 15 is 0 Å². The van der Waals surface area contributed by atoms with Gasteiger partial charge in [-0.2, -0.15) is 5.10 Å². The van der Waals surface area contributed by atoms with Gasteiger partial charge in [-0.3, -0.25) is 4.79 Å². The number of pyridine rings is 1. The zero-order valence-electron chi connectivity index (χ0n) is 14.3. The Morgan fingerprint density at radius 2 is 1.91 bits per heavy atom. The van der Waals surface area contributed by atoms with Crippen molar-refractivity contribution in [3.63, 3.8) is 0 Å². The van der Waals surface area contributed by atoms with Crippen molar-refractivity contribution in [2.45, 2.75) is 53.5 Å². The first-order valence-electron chi connectivity index (χ1n) is 7.97. The van der Waals surface area contributed by atoms with Crippen LogP contribution in [0, 0.1) is 5.92 Å². The van der Waals surface area contributed by atoms with Gasteiger partial charge in [-0.25, -0.2) is 9.67 Å². The Morgan fingerprint density at radius 3 is 2.45 bits per heavy atom. The highest BCUT2D eigenvalue weighted by molar-refractivity contribution is 6.05. The molecule has 0 spiro atoms. The average molecular weight is 302 g/mol. The second-order valence-electron chi connectivity index (χ2n) is 6.77. The lowest BCUT2D eigenvalue weighted by Crippen LogP contribution is -2.27. The van der Waals surface area contributed by atoms with Crippen LogP contribution in [0.15, 0.2) is 12.3 Å². The van der Waals surface area contributed by atoms with Crippen LogP contribution in [-0.2, 0) is 0 Å². The summed E-state index contributed by atoms with van der Waals surface area (Å²) in [6.07, 6.45) is 1.75. The van der Waals surface area contributed by atoms with Gasteiger partial charge in [0.05, 0.1) is 17.1 Å². The predicted molar refractivity (Wildman–Crippen MR) is 89.2 cm³/mol. The quantitative estimate of drug-likeness (QED) is 0.919. The van der Waals surface area contributed by atoms with Crippen molar-refractivity contribution < 1.29 is 4.79 Å². The number of hydrogen-bond acceptors (Lipinski definition) is 3. The van der Waals surface area contributed by atoms with E-state index in [0.29, 0.717) is 18.0 Å². The molecule has 2 aromatic heterocycles. The van der Waals surface area contributed by atoms with E-state index in [1.807, 2.05) is 10.7 Å². The van der Waals surface area contributed by atoms with Crippen molar-refractivity contribution in [2.24, 2.45) is 5.92 Å². The Hall–Kier alpha value is -1.91. The zero-order valence-corrected chi connectivity index (χ0v) is 14.3. The molecule has 0 saturated carbocycles. The minimum atomic E-state index is -0.0497. The van der Waals surface area contributed by atoms with E-state index in [9.17, 15) is 4.79 Å². The first-order valence-corrected chi connectivity index (χ1v) is 7.97. The molecule has 5 nitrogen and oxygen atoms in total. The van der Waals surface area contributed by atoms with E-state index in [4.69, 9.17) is 4.98 Å². The number of carbonyl (C=O) groups is 1. The number of rotatable bonds is 5. The number of nitrogens with one attached hydrogen (secondary N) is 1.